The molecule has 2 N–H and O–H groups in total. The van der Waals surface area contributed by atoms with Crippen LogP contribution in [0.1, 0.15) is 38.0 Å². The van der Waals surface area contributed by atoms with Crippen molar-refractivity contribution in [1.29, 1.82) is 0 Å². The van der Waals surface area contributed by atoms with Crippen molar-refractivity contribution in [2.45, 2.75) is 45.7 Å². The van der Waals surface area contributed by atoms with Crippen LogP contribution in [-0.4, -0.2) is 29.1 Å². The topological polar surface area (TPSA) is 59.0 Å². The molecule has 0 unspecified atom stereocenters. The molecule has 2 heterocycles. The van der Waals surface area contributed by atoms with Crippen molar-refractivity contribution < 1.29 is 4.79 Å². The molecule has 0 bridgehead atoms. The number of carbonyl (C=O) groups excluding carboxylic acids is 1. The molecular formula is C13H22N4O. The van der Waals surface area contributed by atoms with Gasteiger partial charge < -0.3 is 15.2 Å². The zero-order chi connectivity index (χ0) is 13.3. The molecule has 1 aliphatic rings. The number of imidazole rings is 1. The fourth-order valence-electron chi connectivity index (χ4n) is 2.34. The molecular weight excluding hydrogens is 228 g/mol. The van der Waals surface area contributed by atoms with Gasteiger partial charge in [-0.05, 0) is 0 Å². The molecule has 18 heavy (non-hydrogen) atoms. The van der Waals surface area contributed by atoms with E-state index in [-0.39, 0.29) is 11.3 Å². The number of aromatic nitrogens is 2. The van der Waals surface area contributed by atoms with Crippen molar-refractivity contribution in [3.05, 3.63) is 17.2 Å². The zero-order valence-electron chi connectivity index (χ0n) is 11.6. The molecule has 0 spiro atoms. The Kier molecular flexibility index (Phi) is 3.43. The molecule has 5 nitrogen and oxygen atoms in total. The average Bonchev–Trinajstić information content (AvgIpc) is 2.68. The minimum atomic E-state index is -0.0502. The predicted molar refractivity (Wildman–Crippen MR) is 70.4 cm³/mol. The van der Waals surface area contributed by atoms with Gasteiger partial charge in [0, 0.05) is 37.7 Å². The summed E-state index contributed by atoms with van der Waals surface area (Å²) in [4.78, 5) is 16.4. The second-order valence-corrected chi connectivity index (χ2v) is 5.76. The lowest BCUT2D eigenvalue weighted by atomic mass is 9.95. The SMILES string of the molecule is CNC(=O)Cn1c(C(C)(C)C)nc2c1CCNC2. The van der Waals surface area contributed by atoms with Gasteiger partial charge in [0.15, 0.2) is 0 Å². The monoisotopic (exact) mass is 250 g/mol. The number of fused-ring (bicyclic) bond motifs is 1. The lowest BCUT2D eigenvalue weighted by molar-refractivity contribution is -0.121. The Balaban J connectivity index is 2.45. The van der Waals surface area contributed by atoms with Gasteiger partial charge in [-0.1, -0.05) is 20.8 Å². The van der Waals surface area contributed by atoms with Gasteiger partial charge >= 0.3 is 0 Å². The van der Waals surface area contributed by atoms with E-state index in [1.165, 1.54) is 5.69 Å². The van der Waals surface area contributed by atoms with Crippen LogP contribution < -0.4 is 10.6 Å². The van der Waals surface area contributed by atoms with Crippen molar-refractivity contribution in [2.24, 2.45) is 0 Å². The van der Waals surface area contributed by atoms with Crippen LogP contribution >= 0.6 is 0 Å². The molecule has 0 fully saturated rings. The number of nitrogens with zero attached hydrogens (tertiary/aromatic N) is 2. The summed E-state index contributed by atoms with van der Waals surface area (Å²) >= 11 is 0. The van der Waals surface area contributed by atoms with Crippen LogP contribution in [0, 0.1) is 0 Å². The van der Waals surface area contributed by atoms with E-state index in [9.17, 15) is 4.79 Å². The maximum Gasteiger partial charge on any atom is 0.239 e. The van der Waals surface area contributed by atoms with E-state index in [1.54, 1.807) is 7.05 Å². The highest BCUT2D eigenvalue weighted by Gasteiger charge is 2.27. The third kappa shape index (κ3) is 2.41. The van der Waals surface area contributed by atoms with Gasteiger partial charge in [-0.15, -0.1) is 0 Å². The second-order valence-electron chi connectivity index (χ2n) is 5.76. The number of hydrogen-bond acceptors (Lipinski definition) is 3. The smallest absolute Gasteiger partial charge is 0.239 e. The van der Waals surface area contributed by atoms with E-state index in [1.807, 2.05) is 0 Å². The average molecular weight is 250 g/mol. The largest absolute Gasteiger partial charge is 0.358 e. The minimum absolute atomic E-state index is 0.0271. The van der Waals surface area contributed by atoms with E-state index < -0.39 is 0 Å². The maximum absolute atomic E-state index is 11.7. The molecule has 0 radical (unpaired) electrons. The molecule has 2 rings (SSSR count). The fourth-order valence-corrected chi connectivity index (χ4v) is 2.34. The highest BCUT2D eigenvalue weighted by atomic mass is 16.1. The summed E-state index contributed by atoms with van der Waals surface area (Å²) in [6, 6.07) is 0. The molecule has 0 aromatic carbocycles. The summed E-state index contributed by atoms with van der Waals surface area (Å²) < 4.78 is 2.09. The Morgan fingerprint density at radius 1 is 1.50 bits per heavy atom. The number of amides is 1. The Morgan fingerprint density at radius 2 is 2.22 bits per heavy atom. The quantitative estimate of drug-likeness (QED) is 0.807. The fraction of sp³-hybridized carbons (Fsp3) is 0.692. The van der Waals surface area contributed by atoms with E-state index in [0.717, 1.165) is 31.0 Å². The highest BCUT2D eigenvalue weighted by Crippen LogP contribution is 2.26. The predicted octanol–water partition coefficient (Wildman–Crippen LogP) is 0.572. The van der Waals surface area contributed by atoms with Crippen LogP contribution in [-0.2, 0) is 29.7 Å². The van der Waals surface area contributed by atoms with Crippen molar-refractivity contribution >= 4 is 5.91 Å². The van der Waals surface area contributed by atoms with Crippen molar-refractivity contribution in [3.63, 3.8) is 0 Å². The molecule has 1 aliphatic heterocycles. The summed E-state index contributed by atoms with van der Waals surface area (Å²) in [6.07, 6.45) is 0.940. The van der Waals surface area contributed by atoms with E-state index in [2.05, 4.69) is 36.0 Å². The summed E-state index contributed by atoms with van der Waals surface area (Å²) in [5.74, 6) is 1.03. The van der Waals surface area contributed by atoms with Crippen LogP contribution in [0.5, 0.6) is 0 Å². The molecule has 1 aromatic heterocycles. The van der Waals surface area contributed by atoms with Crippen LogP contribution in [0.25, 0.3) is 0 Å². The van der Waals surface area contributed by atoms with Crippen molar-refractivity contribution in [2.75, 3.05) is 13.6 Å². The number of hydrogen-bond donors (Lipinski definition) is 2. The van der Waals surface area contributed by atoms with E-state index in [4.69, 9.17) is 4.98 Å². The molecule has 0 saturated carbocycles. The van der Waals surface area contributed by atoms with Crippen LogP contribution in [0.3, 0.4) is 0 Å². The number of likely N-dealkylation sites (N-methyl/N-ethyl adjacent to an activating group) is 1. The molecule has 0 atom stereocenters. The first-order valence-corrected chi connectivity index (χ1v) is 6.43. The Bertz CT molecular complexity index is 456. The third-order valence-electron chi connectivity index (χ3n) is 3.24. The van der Waals surface area contributed by atoms with Crippen LogP contribution in [0.4, 0.5) is 0 Å². The lowest BCUT2D eigenvalue weighted by Crippen LogP contribution is -2.30. The summed E-state index contributed by atoms with van der Waals surface area (Å²) in [5.41, 5.74) is 2.25. The Labute approximate surface area is 108 Å². The standard InChI is InChI=1S/C13H22N4O/c1-13(2,3)12-16-9-7-15-6-5-10(9)17(12)8-11(18)14-4/h15H,5-8H2,1-4H3,(H,14,18). The van der Waals surface area contributed by atoms with Crippen LogP contribution in [0.15, 0.2) is 0 Å². The first kappa shape index (κ1) is 13.1. The van der Waals surface area contributed by atoms with Gasteiger partial charge in [0.05, 0.1) is 5.69 Å². The van der Waals surface area contributed by atoms with E-state index >= 15 is 0 Å². The second kappa shape index (κ2) is 4.72. The van der Waals surface area contributed by atoms with Crippen LogP contribution in [0.2, 0.25) is 0 Å². The summed E-state index contributed by atoms with van der Waals surface area (Å²) in [7, 11) is 1.67. The molecule has 0 aliphatic carbocycles. The maximum atomic E-state index is 11.7. The zero-order valence-corrected chi connectivity index (χ0v) is 11.6. The minimum Gasteiger partial charge on any atom is -0.358 e. The van der Waals surface area contributed by atoms with Gasteiger partial charge in [-0.3, -0.25) is 4.79 Å². The van der Waals surface area contributed by atoms with Gasteiger partial charge in [0.2, 0.25) is 5.91 Å². The highest BCUT2D eigenvalue weighted by molar-refractivity contribution is 5.75. The van der Waals surface area contributed by atoms with Crippen molar-refractivity contribution in [3.8, 4) is 0 Å². The normalized spacial score (nSPS) is 15.3. The van der Waals surface area contributed by atoms with Gasteiger partial charge in [-0.2, -0.15) is 0 Å². The van der Waals surface area contributed by atoms with E-state index in [0.29, 0.717) is 6.54 Å². The van der Waals surface area contributed by atoms with Gasteiger partial charge in [0.25, 0.3) is 0 Å². The lowest BCUT2D eigenvalue weighted by Gasteiger charge is -2.21. The summed E-state index contributed by atoms with van der Waals surface area (Å²) in [5, 5.41) is 6.01. The molecule has 1 amide bonds. The summed E-state index contributed by atoms with van der Waals surface area (Å²) in [6.45, 7) is 8.53. The van der Waals surface area contributed by atoms with Gasteiger partial charge in [0.1, 0.15) is 12.4 Å². The Hall–Kier alpha value is -1.36. The molecule has 1 aromatic rings. The number of nitrogens with one attached hydrogen (secondary N) is 2. The number of rotatable bonds is 2. The first-order chi connectivity index (χ1) is 8.43. The number of carbonyl (C=O) groups is 1. The third-order valence-corrected chi connectivity index (χ3v) is 3.24. The van der Waals surface area contributed by atoms with Crippen molar-refractivity contribution in [1.82, 2.24) is 20.2 Å². The molecule has 5 heteroatoms. The Morgan fingerprint density at radius 3 is 2.83 bits per heavy atom. The first-order valence-electron chi connectivity index (χ1n) is 6.43. The molecule has 100 valence electrons. The molecule has 0 saturated heterocycles. The van der Waals surface area contributed by atoms with Gasteiger partial charge in [-0.25, -0.2) is 4.98 Å².